The zero-order chi connectivity index (χ0) is 18.5. The van der Waals surface area contributed by atoms with Crippen molar-refractivity contribution >= 4 is 22.8 Å². The number of hydrogen-bond acceptors (Lipinski definition) is 4. The van der Waals surface area contributed by atoms with E-state index in [1.54, 1.807) is 12.3 Å². The first-order valence-electron chi connectivity index (χ1n) is 8.90. The van der Waals surface area contributed by atoms with Crippen LogP contribution in [0.4, 0.5) is 4.39 Å². The molecule has 1 aliphatic rings. The average molecular weight is 361 g/mol. The number of rotatable bonds is 7. The number of hydrogen-bond donors (Lipinski definition) is 3. The van der Waals surface area contributed by atoms with E-state index >= 15 is 0 Å². The fourth-order valence-corrected chi connectivity index (χ4v) is 3.45. The molecule has 0 aliphatic carbocycles. The normalized spacial score (nSPS) is 18.0. The summed E-state index contributed by atoms with van der Waals surface area (Å²) in [7, 11) is 1.30. The molecule has 3 rings (SSSR count). The first-order chi connectivity index (χ1) is 12.6. The quantitative estimate of drug-likeness (QED) is 0.658. The van der Waals surface area contributed by atoms with Gasteiger partial charge in [0.15, 0.2) is 0 Å². The van der Waals surface area contributed by atoms with Gasteiger partial charge < -0.3 is 20.4 Å². The molecule has 3 N–H and O–H groups in total. The summed E-state index contributed by atoms with van der Waals surface area (Å²) in [5, 5.41) is 6.89. The standard InChI is InChI=1S/C19H24FN3O3/c1-26-19(25)17(23-18(24)5-2-12-6-7-21-10-12)8-13-11-22-16-9-14(20)3-4-15(13)16/h3-4,9,11-12,17,21-22H,2,5-8,10H2,1H3,(H,23,24). The lowest BCUT2D eigenvalue weighted by molar-refractivity contribution is -0.145. The van der Waals surface area contributed by atoms with Crippen molar-refractivity contribution in [3.8, 4) is 0 Å². The number of carbonyl (C=O) groups excluding carboxylic acids is 2. The topological polar surface area (TPSA) is 83.2 Å². The minimum Gasteiger partial charge on any atom is -0.467 e. The van der Waals surface area contributed by atoms with E-state index in [2.05, 4.69) is 15.6 Å². The molecule has 6 nitrogen and oxygen atoms in total. The highest BCUT2D eigenvalue weighted by Gasteiger charge is 2.24. The third kappa shape index (κ3) is 4.40. The van der Waals surface area contributed by atoms with Gasteiger partial charge in [0, 0.05) is 29.9 Å². The monoisotopic (exact) mass is 361 g/mol. The fraction of sp³-hybridized carbons (Fsp3) is 0.474. The van der Waals surface area contributed by atoms with E-state index in [-0.39, 0.29) is 18.1 Å². The third-order valence-electron chi connectivity index (χ3n) is 4.92. The number of aromatic amines is 1. The Hall–Kier alpha value is -2.41. The molecule has 1 amide bonds. The smallest absolute Gasteiger partial charge is 0.328 e. The second-order valence-electron chi connectivity index (χ2n) is 6.75. The number of methoxy groups -OCH3 is 1. The van der Waals surface area contributed by atoms with Crippen molar-refractivity contribution < 1.29 is 18.7 Å². The van der Waals surface area contributed by atoms with Crippen molar-refractivity contribution in [1.82, 2.24) is 15.6 Å². The number of benzene rings is 1. The molecule has 7 heteroatoms. The lowest BCUT2D eigenvalue weighted by atomic mass is 10.0. The van der Waals surface area contributed by atoms with Crippen LogP contribution < -0.4 is 10.6 Å². The lowest BCUT2D eigenvalue weighted by Crippen LogP contribution is -2.43. The van der Waals surface area contributed by atoms with Gasteiger partial charge in [-0.05, 0) is 55.6 Å². The van der Waals surface area contributed by atoms with Gasteiger partial charge in [-0.3, -0.25) is 4.79 Å². The van der Waals surface area contributed by atoms with E-state index < -0.39 is 12.0 Å². The number of amides is 1. The zero-order valence-electron chi connectivity index (χ0n) is 14.8. The summed E-state index contributed by atoms with van der Waals surface area (Å²) in [5.41, 5.74) is 1.49. The summed E-state index contributed by atoms with van der Waals surface area (Å²) in [6.45, 7) is 1.94. The maximum absolute atomic E-state index is 13.3. The van der Waals surface area contributed by atoms with E-state index in [0.29, 0.717) is 17.9 Å². The number of carbonyl (C=O) groups is 2. The molecule has 1 aromatic heterocycles. The third-order valence-corrected chi connectivity index (χ3v) is 4.92. The molecule has 2 unspecified atom stereocenters. The van der Waals surface area contributed by atoms with Crippen LogP contribution in [0, 0.1) is 11.7 Å². The molecule has 1 aromatic carbocycles. The van der Waals surface area contributed by atoms with Gasteiger partial charge in [0.1, 0.15) is 11.9 Å². The Bertz CT molecular complexity index is 783. The number of H-pyrrole nitrogens is 1. The zero-order valence-corrected chi connectivity index (χ0v) is 14.8. The van der Waals surface area contributed by atoms with Crippen LogP contribution in [0.1, 0.15) is 24.8 Å². The van der Waals surface area contributed by atoms with Gasteiger partial charge in [0.25, 0.3) is 0 Å². The summed E-state index contributed by atoms with van der Waals surface area (Å²) in [5.74, 6) is -0.457. The minimum absolute atomic E-state index is 0.154. The van der Waals surface area contributed by atoms with Crippen LogP contribution >= 0.6 is 0 Å². The summed E-state index contributed by atoms with van der Waals surface area (Å²) in [4.78, 5) is 27.4. The van der Waals surface area contributed by atoms with Crippen LogP contribution in [-0.2, 0) is 20.7 Å². The number of aromatic nitrogens is 1. The summed E-state index contributed by atoms with van der Waals surface area (Å²) in [6, 6.07) is 3.68. The molecule has 2 heterocycles. The number of esters is 1. The van der Waals surface area contributed by atoms with Gasteiger partial charge in [0.05, 0.1) is 7.11 Å². The number of nitrogens with one attached hydrogen (secondary N) is 3. The van der Waals surface area contributed by atoms with E-state index in [1.165, 1.54) is 19.2 Å². The second-order valence-corrected chi connectivity index (χ2v) is 6.75. The molecule has 0 spiro atoms. The van der Waals surface area contributed by atoms with Crippen molar-refractivity contribution in [3.63, 3.8) is 0 Å². The predicted octanol–water partition coefficient (Wildman–Crippen LogP) is 1.90. The van der Waals surface area contributed by atoms with Gasteiger partial charge in [-0.2, -0.15) is 0 Å². The van der Waals surface area contributed by atoms with Crippen LogP contribution in [0.3, 0.4) is 0 Å². The summed E-state index contributed by atoms with van der Waals surface area (Å²) < 4.78 is 18.2. The molecule has 1 fully saturated rings. The number of fused-ring (bicyclic) bond motifs is 1. The Morgan fingerprint density at radius 2 is 2.27 bits per heavy atom. The Balaban J connectivity index is 1.65. The molecule has 140 valence electrons. The highest BCUT2D eigenvalue weighted by Crippen LogP contribution is 2.21. The van der Waals surface area contributed by atoms with Crippen molar-refractivity contribution in [2.24, 2.45) is 5.92 Å². The highest BCUT2D eigenvalue weighted by atomic mass is 19.1. The second kappa shape index (κ2) is 8.31. The molecule has 2 aromatic rings. The Morgan fingerprint density at radius 1 is 1.42 bits per heavy atom. The van der Waals surface area contributed by atoms with Gasteiger partial charge >= 0.3 is 5.97 Å². The predicted molar refractivity (Wildman–Crippen MR) is 96.1 cm³/mol. The molecular weight excluding hydrogens is 337 g/mol. The van der Waals surface area contributed by atoms with Crippen molar-refractivity contribution in [2.45, 2.75) is 31.7 Å². The van der Waals surface area contributed by atoms with Gasteiger partial charge in [-0.15, -0.1) is 0 Å². The molecule has 0 saturated carbocycles. The number of ether oxygens (including phenoxy) is 1. The van der Waals surface area contributed by atoms with E-state index in [0.717, 1.165) is 36.9 Å². The van der Waals surface area contributed by atoms with Crippen molar-refractivity contribution in [2.75, 3.05) is 20.2 Å². The SMILES string of the molecule is COC(=O)C(Cc1c[nH]c2cc(F)ccc12)NC(=O)CCC1CCNC1. The molecule has 0 bridgehead atoms. The molecule has 1 saturated heterocycles. The molecule has 2 atom stereocenters. The maximum atomic E-state index is 13.3. The van der Waals surface area contributed by atoms with E-state index in [9.17, 15) is 14.0 Å². The summed E-state index contributed by atoms with van der Waals surface area (Å²) >= 11 is 0. The maximum Gasteiger partial charge on any atom is 0.328 e. The number of halogens is 1. The van der Waals surface area contributed by atoms with Crippen LogP contribution in [0.2, 0.25) is 0 Å². The minimum atomic E-state index is -0.766. The Morgan fingerprint density at radius 3 is 3.00 bits per heavy atom. The lowest BCUT2D eigenvalue weighted by Gasteiger charge is -2.17. The molecular formula is C19H24FN3O3. The molecule has 26 heavy (non-hydrogen) atoms. The van der Waals surface area contributed by atoms with Gasteiger partial charge in [0.2, 0.25) is 5.91 Å². The molecule has 1 aliphatic heterocycles. The van der Waals surface area contributed by atoms with Gasteiger partial charge in [-0.25, -0.2) is 9.18 Å². The van der Waals surface area contributed by atoms with E-state index in [4.69, 9.17) is 4.74 Å². The first kappa shape index (κ1) is 18.4. The van der Waals surface area contributed by atoms with Gasteiger partial charge in [-0.1, -0.05) is 0 Å². The van der Waals surface area contributed by atoms with E-state index in [1.807, 2.05) is 0 Å². The van der Waals surface area contributed by atoms with Crippen molar-refractivity contribution in [1.29, 1.82) is 0 Å². The highest BCUT2D eigenvalue weighted by molar-refractivity contribution is 5.87. The average Bonchev–Trinajstić information content (AvgIpc) is 3.28. The van der Waals surface area contributed by atoms with Crippen LogP contribution in [0.5, 0.6) is 0 Å². The largest absolute Gasteiger partial charge is 0.467 e. The Kier molecular flexibility index (Phi) is 5.88. The Labute approximate surface area is 151 Å². The van der Waals surface area contributed by atoms with Crippen LogP contribution in [0.15, 0.2) is 24.4 Å². The fourth-order valence-electron chi connectivity index (χ4n) is 3.45. The van der Waals surface area contributed by atoms with Crippen LogP contribution in [-0.4, -0.2) is 43.1 Å². The summed E-state index contributed by atoms with van der Waals surface area (Å²) in [6.07, 6.45) is 4.29. The van der Waals surface area contributed by atoms with Crippen molar-refractivity contribution in [3.05, 3.63) is 35.8 Å². The molecule has 0 radical (unpaired) electrons. The first-order valence-corrected chi connectivity index (χ1v) is 8.90. The van der Waals surface area contributed by atoms with Crippen LogP contribution in [0.25, 0.3) is 10.9 Å².